The van der Waals surface area contributed by atoms with Crippen molar-refractivity contribution in [1.82, 2.24) is 9.88 Å². The summed E-state index contributed by atoms with van der Waals surface area (Å²) >= 11 is 2.26. The summed E-state index contributed by atoms with van der Waals surface area (Å²) < 4.78 is 5.18. The molecule has 1 aliphatic rings. The van der Waals surface area contributed by atoms with Gasteiger partial charge in [0.25, 0.3) is 5.91 Å². The highest BCUT2D eigenvalue weighted by Crippen LogP contribution is 2.37. The SMILES string of the molecule is CCOC(=O)c1c(NC(=O)c2sc(=O)[nH]c2C)sc2c1CCN(C)C2. The molecule has 25 heavy (non-hydrogen) atoms. The average molecular weight is 381 g/mol. The van der Waals surface area contributed by atoms with Crippen LogP contribution in [0.2, 0.25) is 0 Å². The maximum absolute atomic E-state index is 12.5. The number of hydrogen-bond donors (Lipinski definition) is 2. The Morgan fingerprint density at radius 2 is 2.12 bits per heavy atom. The Kier molecular flexibility index (Phi) is 5.07. The van der Waals surface area contributed by atoms with E-state index in [9.17, 15) is 14.4 Å². The molecular weight excluding hydrogens is 362 g/mol. The van der Waals surface area contributed by atoms with Crippen molar-refractivity contribution < 1.29 is 14.3 Å². The molecule has 0 spiro atoms. The first kappa shape index (κ1) is 17.8. The van der Waals surface area contributed by atoms with Gasteiger partial charge in [-0.25, -0.2) is 4.79 Å². The van der Waals surface area contributed by atoms with E-state index in [-0.39, 0.29) is 11.5 Å². The molecule has 2 aromatic heterocycles. The normalized spacial score (nSPS) is 14.2. The standard InChI is InChI=1S/C16H19N3O4S2/c1-4-23-15(21)11-9-5-6-19(3)7-10(9)24-14(11)18-13(20)12-8(2)17-16(22)25-12/h4-7H2,1-3H3,(H,17,22)(H,18,20). The molecule has 0 fully saturated rings. The molecule has 7 nitrogen and oxygen atoms in total. The molecule has 3 rings (SSSR count). The van der Waals surface area contributed by atoms with Gasteiger partial charge in [-0.1, -0.05) is 11.3 Å². The number of nitrogens with zero attached hydrogens (tertiary/aromatic N) is 1. The van der Waals surface area contributed by atoms with Crippen molar-refractivity contribution in [3.05, 3.63) is 36.2 Å². The minimum atomic E-state index is -0.418. The zero-order valence-electron chi connectivity index (χ0n) is 14.2. The van der Waals surface area contributed by atoms with E-state index in [2.05, 4.69) is 15.2 Å². The van der Waals surface area contributed by atoms with Crippen molar-refractivity contribution in [2.24, 2.45) is 0 Å². The summed E-state index contributed by atoms with van der Waals surface area (Å²) in [5, 5.41) is 3.29. The second-order valence-electron chi connectivity index (χ2n) is 5.84. The number of thiazole rings is 1. The molecule has 9 heteroatoms. The maximum atomic E-state index is 12.5. The lowest BCUT2D eigenvalue weighted by Crippen LogP contribution is -2.26. The van der Waals surface area contributed by atoms with E-state index in [1.54, 1.807) is 13.8 Å². The summed E-state index contributed by atoms with van der Waals surface area (Å²) in [6.07, 6.45) is 0.739. The molecule has 3 heterocycles. The monoisotopic (exact) mass is 381 g/mol. The van der Waals surface area contributed by atoms with Gasteiger partial charge < -0.3 is 19.9 Å². The van der Waals surface area contributed by atoms with Crippen LogP contribution >= 0.6 is 22.7 Å². The van der Waals surface area contributed by atoms with Crippen LogP contribution in [0.1, 0.15) is 43.1 Å². The Morgan fingerprint density at radius 1 is 1.36 bits per heavy atom. The summed E-state index contributed by atoms with van der Waals surface area (Å²) in [4.78, 5) is 42.3. The predicted molar refractivity (Wildman–Crippen MR) is 97.9 cm³/mol. The Morgan fingerprint density at radius 3 is 2.76 bits per heavy atom. The third kappa shape index (κ3) is 3.53. The summed E-state index contributed by atoms with van der Waals surface area (Å²) in [7, 11) is 2.02. The number of ether oxygens (including phenoxy) is 1. The van der Waals surface area contributed by atoms with Gasteiger partial charge in [0, 0.05) is 23.7 Å². The number of amides is 1. The number of fused-ring (bicyclic) bond motifs is 1. The van der Waals surface area contributed by atoms with Gasteiger partial charge in [-0.3, -0.25) is 9.59 Å². The Labute approximate surface area is 152 Å². The molecule has 0 saturated carbocycles. The van der Waals surface area contributed by atoms with Crippen molar-refractivity contribution >= 4 is 39.6 Å². The van der Waals surface area contributed by atoms with Crippen LogP contribution in [-0.2, 0) is 17.7 Å². The van der Waals surface area contributed by atoms with Gasteiger partial charge >= 0.3 is 10.8 Å². The number of likely N-dealkylation sites (N-methyl/N-ethyl adjacent to an activating group) is 1. The number of aromatic amines is 1. The number of carbonyl (C=O) groups excluding carboxylic acids is 2. The Bertz CT molecular complexity index is 881. The molecular formula is C16H19N3O4S2. The number of aromatic nitrogens is 1. The smallest absolute Gasteiger partial charge is 0.341 e. The first-order valence-corrected chi connectivity index (χ1v) is 9.55. The molecule has 134 valence electrons. The molecule has 0 atom stereocenters. The first-order chi connectivity index (χ1) is 11.9. The number of nitrogens with one attached hydrogen (secondary N) is 2. The zero-order valence-corrected chi connectivity index (χ0v) is 15.9. The van der Waals surface area contributed by atoms with Crippen molar-refractivity contribution in [1.29, 1.82) is 0 Å². The molecule has 1 aliphatic heterocycles. The summed E-state index contributed by atoms with van der Waals surface area (Å²) in [5.74, 6) is -0.808. The van der Waals surface area contributed by atoms with Crippen molar-refractivity contribution in [3.8, 4) is 0 Å². The van der Waals surface area contributed by atoms with Gasteiger partial charge in [0.1, 0.15) is 9.88 Å². The molecule has 0 unspecified atom stereocenters. The fourth-order valence-electron chi connectivity index (χ4n) is 2.82. The molecule has 0 radical (unpaired) electrons. The van der Waals surface area contributed by atoms with E-state index in [4.69, 9.17) is 4.74 Å². The second-order valence-corrected chi connectivity index (χ2v) is 7.93. The molecule has 0 saturated heterocycles. The number of esters is 1. The lowest BCUT2D eigenvalue weighted by atomic mass is 10.0. The number of anilines is 1. The van der Waals surface area contributed by atoms with E-state index in [1.165, 1.54) is 11.3 Å². The van der Waals surface area contributed by atoms with E-state index in [1.807, 2.05) is 7.05 Å². The van der Waals surface area contributed by atoms with Gasteiger partial charge in [-0.05, 0) is 32.9 Å². The van der Waals surface area contributed by atoms with Crippen molar-refractivity contribution in [3.63, 3.8) is 0 Å². The van der Waals surface area contributed by atoms with E-state index in [0.717, 1.165) is 41.3 Å². The number of carbonyl (C=O) groups is 2. The highest BCUT2D eigenvalue weighted by molar-refractivity contribution is 7.17. The van der Waals surface area contributed by atoms with Crippen LogP contribution in [0.25, 0.3) is 0 Å². The number of H-pyrrole nitrogens is 1. The lowest BCUT2D eigenvalue weighted by molar-refractivity contribution is 0.0526. The van der Waals surface area contributed by atoms with Gasteiger partial charge in [-0.2, -0.15) is 0 Å². The molecule has 1 amide bonds. The Balaban J connectivity index is 1.97. The van der Waals surface area contributed by atoms with Crippen LogP contribution in [-0.4, -0.2) is 42.0 Å². The first-order valence-electron chi connectivity index (χ1n) is 7.92. The molecule has 0 bridgehead atoms. The molecule has 2 aromatic rings. The van der Waals surface area contributed by atoms with Gasteiger partial charge in [0.15, 0.2) is 0 Å². The highest BCUT2D eigenvalue weighted by Gasteiger charge is 2.29. The quantitative estimate of drug-likeness (QED) is 0.793. The van der Waals surface area contributed by atoms with Crippen molar-refractivity contribution in [2.75, 3.05) is 25.5 Å². The van der Waals surface area contributed by atoms with Crippen LogP contribution in [0.5, 0.6) is 0 Å². The summed E-state index contributed by atoms with van der Waals surface area (Å²) in [6.45, 7) is 5.28. The minimum Gasteiger partial charge on any atom is -0.462 e. The molecule has 0 aliphatic carbocycles. The van der Waals surface area contributed by atoms with Crippen molar-refractivity contribution in [2.45, 2.75) is 26.8 Å². The fourth-order valence-corrected chi connectivity index (χ4v) is 4.87. The molecule has 0 aromatic carbocycles. The van der Waals surface area contributed by atoms with Crippen LogP contribution in [0.3, 0.4) is 0 Å². The van der Waals surface area contributed by atoms with Gasteiger partial charge in [0.2, 0.25) is 0 Å². The predicted octanol–water partition coefficient (Wildman–Crippen LogP) is 2.22. The van der Waals surface area contributed by atoms with E-state index in [0.29, 0.717) is 21.1 Å². The maximum Gasteiger partial charge on any atom is 0.341 e. The molecule has 2 N–H and O–H groups in total. The van der Waals surface area contributed by atoms with Gasteiger partial charge in [-0.15, -0.1) is 11.3 Å². The van der Waals surface area contributed by atoms with Crippen LogP contribution < -0.4 is 10.2 Å². The van der Waals surface area contributed by atoms with Crippen LogP contribution in [0.4, 0.5) is 5.00 Å². The second kappa shape index (κ2) is 7.11. The fraction of sp³-hybridized carbons (Fsp3) is 0.438. The Hall–Kier alpha value is -1.97. The highest BCUT2D eigenvalue weighted by atomic mass is 32.1. The van der Waals surface area contributed by atoms with Crippen LogP contribution in [0.15, 0.2) is 4.79 Å². The lowest BCUT2D eigenvalue weighted by Gasteiger charge is -2.22. The largest absolute Gasteiger partial charge is 0.462 e. The zero-order chi connectivity index (χ0) is 18.1. The number of aryl methyl sites for hydroxylation is 1. The number of hydrogen-bond acceptors (Lipinski definition) is 7. The third-order valence-electron chi connectivity index (χ3n) is 3.99. The summed E-state index contributed by atoms with van der Waals surface area (Å²) in [5.41, 5.74) is 1.92. The van der Waals surface area contributed by atoms with E-state index >= 15 is 0 Å². The minimum absolute atomic E-state index is 0.273. The number of thiophene rings is 1. The average Bonchev–Trinajstić information content (AvgIpc) is 3.06. The van der Waals surface area contributed by atoms with Crippen LogP contribution in [0, 0.1) is 6.92 Å². The third-order valence-corrected chi connectivity index (χ3v) is 6.10. The van der Waals surface area contributed by atoms with E-state index < -0.39 is 11.9 Å². The summed E-state index contributed by atoms with van der Waals surface area (Å²) in [6, 6.07) is 0. The number of rotatable bonds is 4. The topological polar surface area (TPSA) is 91.5 Å². The van der Waals surface area contributed by atoms with Gasteiger partial charge in [0.05, 0.1) is 12.2 Å².